The number of nitrogens with one attached hydrogen (secondary N) is 2. The molecular weight excluding hydrogens is 506 g/mol. The number of hydrogen-bond acceptors (Lipinski definition) is 3. The van der Waals surface area contributed by atoms with Crippen molar-refractivity contribution in [3.05, 3.63) is 131 Å². The standard InChI is InChI=1S/C36H39N3O2/c40-35(19-16-28-10-4-1-5-11-28)38-32-17-18-34(33(27-32)36(41)37-23-20-29-12-6-2-7-13-29)39-24-21-31(22-25-39)26-30-14-8-3-9-15-30/h1-15,17-18,27,31H,16,19-26H2,(H,37,41)(H,38,40). The molecule has 5 nitrogen and oxygen atoms in total. The number of aryl methyl sites for hydroxylation is 1. The maximum Gasteiger partial charge on any atom is 0.253 e. The number of piperidine rings is 1. The zero-order valence-electron chi connectivity index (χ0n) is 23.6. The molecule has 1 saturated heterocycles. The summed E-state index contributed by atoms with van der Waals surface area (Å²) >= 11 is 0. The first-order valence-electron chi connectivity index (χ1n) is 14.7. The molecule has 0 aliphatic carbocycles. The maximum absolute atomic E-state index is 13.5. The van der Waals surface area contributed by atoms with Gasteiger partial charge in [0.25, 0.3) is 5.91 Å². The molecule has 0 saturated carbocycles. The molecule has 210 valence electrons. The molecule has 1 aliphatic heterocycles. The Kier molecular flexibility index (Phi) is 9.83. The fourth-order valence-corrected chi connectivity index (χ4v) is 5.58. The smallest absolute Gasteiger partial charge is 0.253 e. The average Bonchev–Trinajstić information content (AvgIpc) is 3.02. The van der Waals surface area contributed by atoms with Gasteiger partial charge in [0.15, 0.2) is 0 Å². The SMILES string of the molecule is O=C(CCc1ccccc1)Nc1ccc(N2CCC(Cc3ccccc3)CC2)c(C(=O)NCCc2ccccc2)c1. The first-order valence-corrected chi connectivity index (χ1v) is 14.7. The van der Waals surface area contributed by atoms with Gasteiger partial charge in [0, 0.05) is 37.4 Å². The molecule has 4 aromatic carbocycles. The highest BCUT2D eigenvalue weighted by Gasteiger charge is 2.24. The fourth-order valence-electron chi connectivity index (χ4n) is 5.58. The van der Waals surface area contributed by atoms with Gasteiger partial charge < -0.3 is 15.5 Å². The van der Waals surface area contributed by atoms with E-state index < -0.39 is 0 Å². The second kappa shape index (κ2) is 14.3. The van der Waals surface area contributed by atoms with Crippen LogP contribution in [0.5, 0.6) is 0 Å². The predicted octanol–water partition coefficient (Wildman–Crippen LogP) is 6.69. The number of amides is 2. The van der Waals surface area contributed by atoms with Gasteiger partial charge >= 0.3 is 0 Å². The van der Waals surface area contributed by atoms with Crippen molar-refractivity contribution >= 4 is 23.2 Å². The molecule has 2 amide bonds. The molecular formula is C36H39N3O2. The van der Waals surface area contributed by atoms with Gasteiger partial charge in [0.05, 0.1) is 5.56 Å². The van der Waals surface area contributed by atoms with E-state index in [2.05, 4.69) is 58.0 Å². The number of hydrogen-bond donors (Lipinski definition) is 2. The van der Waals surface area contributed by atoms with E-state index in [9.17, 15) is 9.59 Å². The number of carbonyl (C=O) groups is 2. The Balaban J connectivity index is 1.25. The minimum atomic E-state index is -0.109. The quantitative estimate of drug-likeness (QED) is 0.221. The van der Waals surface area contributed by atoms with E-state index >= 15 is 0 Å². The number of rotatable bonds is 11. The largest absolute Gasteiger partial charge is 0.371 e. The van der Waals surface area contributed by atoms with Crippen LogP contribution in [0.4, 0.5) is 11.4 Å². The second-order valence-corrected chi connectivity index (χ2v) is 10.9. The predicted molar refractivity (Wildman–Crippen MR) is 167 cm³/mol. The second-order valence-electron chi connectivity index (χ2n) is 10.9. The number of anilines is 2. The van der Waals surface area contributed by atoms with Gasteiger partial charge in [0.1, 0.15) is 0 Å². The molecule has 0 aromatic heterocycles. The summed E-state index contributed by atoms with van der Waals surface area (Å²) in [4.78, 5) is 28.6. The average molecular weight is 546 g/mol. The lowest BCUT2D eigenvalue weighted by atomic mass is 9.89. The van der Waals surface area contributed by atoms with Crippen LogP contribution in [0.2, 0.25) is 0 Å². The van der Waals surface area contributed by atoms with Crippen molar-refractivity contribution in [2.75, 3.05) is 29.9 Å². The summed E-state index contributed by atoms with van der Waals surface area (Å²) in [5.41, 5.74) is 5.90. The monoisotopic (exact) mass is 545 g/mol. The van der Waals surface area contributed by atoms with Gasteiger partial charge in [-0.05, 0) is 72.9 Å². The van der Waals surface area contributed by atoms with Crippen molar-refractivity contribution in [3.8, 4) is 0 Å². The molecule has 2 N–H and O–H groups in total. The number of nitrogens with zero attached hydrogens (tertiary/aromatic N) is 1. The van der Waals surface area contributed by atoms with Gasteiger partial charge in [0.2, 0.25) is 5.91 Å². The summed E-state index contributed by atoms with van der Waals surface area (Å²) in [6, 6.07) is 36.6. The summed E-state index contributed by atoms with van der Waals surface area (Å²) in [6.07, 6.45) is 5.09. The first-order chi connectivity index (χ1) is 20.1. The van der Waals surface area contributed by atoms with E-state index in [0.29, 0.717) is 36.6 Å². The fraction of sp³-hybridized carbons (Fsp3) is 0.278. The van der Waals surface area contributed by atoms with Gasteiger partial charge in [-0.2, -0.15) is 0 Å². The van der Waals surface area contributed by atoms with Crippen LogP contribution in [-0.4, -0.2) is 31.4 Å². The molecule has 5 heteroatoms. The molecule has 5 rings (SSSR count). The minimum absolute atomic E-state index is 0.0567. The van der Waals surface area contributed by atoms with Crippen LogP contribution in [0.1, 0.15) is 46.3 Å². The molecule has 1 fully saturated rings. The van der Waals surface area contributed by atoms with E-state index in [1.165, 1.54) is 11.1 Å². The van der Waals surface area contributed by atoms with E-state index in [-0.39, 0.29) is 11.8 Å². The molecule has 41 heavy (non-hydrogen) atoms. The van der Waals surface area contributed by atoms with E-state index in [1.807, 2.05) is 66.7 Å². The van der Waals surface area contributed by atoms with Crippen LogP contribution in [0.25, 0.3) is 0 Å². The van der Waals surface area contributed by atoms with Gasteiger partial charge in [-0.15, -0.1) is 0 Å². The number of carbonyl (C=O) groups excluding carboxylic acids is 2. The van der Waals surface area contributed by atoms with Crippen LogP contribution in [0.3, 0.4) is 0 Å². The van der Waals surface area contributed by atoms with Crippen LogP contribution < -0.4 is 15.5 Å². The molecule has 4 aromatic rings. The van der Waals surface area contributed by atoms with Gasteiger partial charge in [-0.25, -0.2) is 0 Å². The zero-order chi connectivity index (χ0) is 28.3. The third-order valence-electron chi connectivity index (χ3n) is 7.87. The molecule has 0 bridgehead atoms. The zero-order valence-corrected chi connectivity index (χ0v) is 23.6. The van der Waals surface area contributed by atoms with E-state index in [1.54, 1.807) is 0 Å². The number of benzene rings is 4. The Hall–Kier alpha value is -4.38. The van der Waals surface area contributed by atoms with Crippen LogP contribution in [0.15, 0.2) is 109 Å². The van der Waals surface area contributed by atoms with Crippen molar-refractivity contribution in [2.45, 2.75) is 38.5 Å². The summed E-state index contributed by atoms with van der Waals surface area (Å²) < 4.78 is 0. The third kappa shape index (κ3) is 8.31. The Morgan fingerprint density at radius 1 is 0.707 bits per heavy atom. The van der Waals surface area contributed by atoms with E-state index in [4.69, 9.17) is 0 Å². The third-order valence-corrected chi connectivity index (χ3v) is 7.87. The van der Waals surface area contributed by atoms with Crippen molar-refractivity contribution < 1.29 is 9.59 Å². The molecule has 1 aliphatic rings. The Morgan fingerprint density at radius 3 is 1.93 bits per heavy atom. The van der Waals surface area contributed by atoms with Gasteiger partial charge in [-0.1, -0.05) is 91.0 Å². The summed E-state index contributed by atoms with van der Waals surface area (Å²) in [5, 5.41) is 6.13. The van der Waals surface area contributed by atoms with Crippen molar-refractivity contribution in [3.63, 3.8) is 0 Å². The first kappa shape index (κ1) is 28.2. The Morgan fingerprint density at radius 2 is 1.29 bits per heavy atom. The van der Waals surface area contributed by atoms with Gasteiger partial charge in [-0.3, -0.25) is 9.59 Å². The normalized spacial score (nSPS) is 13.5. The maximum atomic E-state index is 13.5. The summed E-state index contributed by atoms with van der Waals surface area (Å²) in [6.45, 7) is 2.37. The summed E-state index contributed by atoms with van der Waals surface area (Å²) in [7, 11) is 0. The highest BCUT2D eigenvalue weighted by molar-refractivity contribution is 6.02. The Labute approximate surface area is 243 Å². The van der Waals surface area contributed by atoms with E-state index in [0.717, 1.165) is 50.0 Å². The topological polar surface area (TPSA) is 61.4 Å². The minimum Gasteiger partial charge on any atom is -0.371 e. The lowest BCUT2D eigenvalue weighted by Crippen LogP contribution is -2.36. The molecule has 0 atom stereocenters. The highest BCUT2D eigenvalue weighted by atomic mass is 16.2. The Bertz CT molecular complexity index is 1400. The molecule has 0 unspecified atom stereocenters. The van der Waals surface area contributed by atoms with Crippen LogP contribution in [0, 0.1) is 5.92 Å². The summed E-state index contributed by atoms with van der Waals surface area (Å²) in [5.74, 6) is 0.474. The van der Waals surface area contributed by atoms with Crippen LogP contribution in [-0.2, 0) is 24.1 Å². The van der Waals surface area contributed by atoms with Crippen molar-refractivity contribution in [1.29, 1.82) is 0 Å². The lowest BCUT2D eigenvalue weighted by Gasteiger charge is -2.35. The van der Waals surface area contributed by atoms with Crippen molar-refractivity contribution in [2.24, 2.45) is 5.92 Å². The molecule has 0 radical (unpaired) electrons. The van der Waals surface area contributed by atoms with Crippen LogP contribution >= 0.6 is 0 Å². The lowest BCUT2D eigenvalue weighted by molar-refractivity contribution is -0.116. The molecule has 1 heterocycles. The van der Waals surface area contributed by atoms with Crippen molar-refractivity contribution in [1.82, 2.24) is 5.32 Å². The molecule has 0 spiro atoms. The highest BCUT2D eigenvalue weighted by Crippen LogP contribution is 2.30.